The molecule has 6 heteroatoms. The van der Waals surface area contributed by atoms with Crippen molar-refractivity contribution < 1.29 is 14.7 Å². The smallest absolute Gasteiger partial charge is 0.311 e. The van der Waals surface area contributed by atoms with Crippen molar-refractivity contribution in [3.05, 3.63) is 0 Å². The van der Waals surface area contributed by atoms with Crippen LogP contribution in [-0.2, 0) is 9.59 Å². The minimum Gasteiger partial charge on any atom is -0.481 e. The zero-order valence-electron chi connectivity index (χ0n) is 13.7. The quantitative estimate of drug-likeness (QED) is 0.644. The van der Waals surface area contributed by atoms with Crippen molar-refractivity contribution in [1.29, 1.82) is 0 Å². The van der Waals surface area contributed by atoms with Crippen LogP contribution in [-0.4, -0.2) is 60.1 Å². The zero-order valence-corrected chi connectivity index (χ0v) is 13.7. The molecule has 1 amide bonds. The second-order valence-corrected chi connectivity index (χ2v) is 6.27. The Hall–Kier alpha value is -1.14. The summed E-state index contributed by atoms with van der Waals surface area (Å²) < 4.78 is 0. The molecule has 21 heavy (non-hydrogen) atoms. The normalized spacial score (nSPS) is 17.5. The summed E-state index contributed by atoms with van der Waals surface area (Å²) in [4.78, 5) is 26.1. The average Bonchev–Trinajstić information content (AvgIpc) is 2.49. The van der Waals surface area contributed by atoms with Crippen molar-refractivity contribution in [2.24, 2.45) is 5.41 Å². The number of piperazine rings is 1. The molecule has 122 valence electrons. The highest BCUT2D eigenvalue weighted by atomic mass is 16.4. The zero-order chi connectivity index (χ0) is 16.1. The first-order chi connectivity index (χ1) is 9.80. The Labute approximate surface area is 127 Å². The van der Waals surface area contributed by atoms with Gasteiger partial charge in [0.15, 0.2) is 0 Å². The Morgan fingerprint density at radius 1 is 1.19 bits per heavy atom. The molecule has 0 saturated carbocycles. The van der Waals surface area contributed by atoms with E-state index in [9.17, 15) is 14.7 Å². The van der Waals surface area contributed by atoms with Gasteiger partial charge in [-0.2, -0.15) is 0 Å². The van der Waals surface area contributed by atoms with E-state index in [0.717, 1.165) is 26.2 Å². The molecule has 0 radical (unpaired) electrons. The number of carbonyl (C=O) groups is 2. The molecule has 0 aromatic heterocycles. The fourth-order valence-electron chi connectivity index (χ4n) is 2.71. The molecule has 1 saturated heterocycles. The maximum atomic E-state index is 12.5. The Kier molecular flexibility index (Phi) is 6.16. The Bertz CT molecular complexity index is 372. The van der Waals surface area contributed by atoms with Crippen LogP contribution in [0.2, 0.25) is 0 Å². The summed E-state index contributed by atoms with van der Waals surface area (Å²) in [6, 6.07) is 0. The molecular formula is C15H29N3O3. The van der Waals surface area contributed by atoms with E-state index in [-0.39, 0.29) is 12.5 Å². The minimum absolute atomic E-state index is 0.100. The Balaban J connectivity index is 2.68. The summed E-state index contributed by atoms with van der Waals surface area (Å²) >= 11 is 0. The van der Waals surface area contributed by atoms with Gasteiger partial charge in [-0.25, -0.2) is 0 Å². The van der Waals surface area contributed by atoms with Crippen LogP contribution in [0.15, 0.2) is 0 Å². The number of hydrogen-bond acceptors (Lipinski definition) is 4. The molecule has 3 N–H and O–H groups in total. The van der Waals surface area contributed by atoms with Gasteiger partial charge in [-0.15, -0.1) is 0 Å². The van der Waals surface area contributed by atoms with Crippen LogP contribution in [0.1, 0.15) is 40.5 Å². The fraction of sp³-hybridized carbons (Fsp3) is 0.867. The number of amides is 1. The third-order valence-electron chi connectivity index (χ3n) is 4.86. The van der Waals surface area contributed by atoms with Gasteiger partial charge in [0.2, 0.25) is 5.91 Å². The molecule has 1 aliphatic heterocycles. The lowest BCUT2D eigenvalue weighted by atomic mass is 9.82. The lowest BCUT2D eigenvalue weighted by Crippen LogP contribution is -2.61. The fourth-order valence-corrected chi connectivity index (χ4v) is 2.71. The van der Waals surface area contributed by atoms with E-state index in [2.05, 4.69) is 15.5 Å². The summed E-state index contributed by atoms with van der Waals surface area (Å²) in [5, 5.41) is 15.5. The van der Waals surface area contributed by atoms with Crippen LogP contribution in [0, 0.1) is 5.41 Å². The number of nitrogens with one attached hydrogen (secondary N) is 2. The largest absolute Gasteiger partial charge is 0.481 e. The third kappa shape index (κ3) is 3.95. The predicted octanol–water partition coefficient (Wildman–Crippen LogP) is 0.677. The van der Waals surface area contributed by atoms with Gasteiger partial charge in [0.25, 0.3) is 0 Å². The highest BCUT2D eigenvalue weighted by molar-refractivity contribution is 5.86. The highest BCUT2D eigenvalue weighted by Crippen LogP contribution is 2.26. The molecule has 1 fully saturated rings. The van der Waals surface area contributed by atoms with E-state index in [1.807, 2.05) is 27.7 Å². The van der Waals surface area contributed by atoms with Crippen LogP contribution < -0.4 is 10.6 Å². The number of carboxylic acids is 1. The summed E-state index contributed by atoms with van der Waals surface area (Å²) in [5.41, 5.74) is -1.48. The first-order valence-electron chi connectivity index (χ1n) is 7.77. The topological polar surface area (TPSA) is 81.7 Å². The molecule has 0 aromatic carbocycles. The van der Waals surface area contributed by atoms with Gasteiger partial charge in [0.1, 0.15) is 0 Å². The van der Waals surface area contributed by atoms with Crippen LogP contribution in [0.5, 0.6) is 0 Å². The average molecular weight is 299 g/mol. The van der Waals surface area contributed by atoms with Gasteiger partial charge in [-0.1, -0.05) is 13.8 Å². The van der Waals surface area contributed by atoms with Crippen molar-refractivity contribution >= 4 is 11.9 Å². The van der Waals surface area contributed by atoms with Gasteiger partial charge in [0, 0.05) is 32.7 Å². The predicted molar refractivity (Wildman–Crippen MR) is 82.2 cm³/mol. The van der Waals surface area contributed by atoms with Crippen molar-refractivity contribution in [2.45, 2.75) is 46.1 Å². The summed E-state index contributed by atoms with van der Waals surface area (Å²) in [6.45, 7) is 11.1. The van der Waals surface area contributed by atoms with Gasteiger partial charge in [0.05, 0.1) is 11.0 Å². The SMILES string of the molecule is CCC(CC)(CNC(=O)C(C)(C)N1CCNCC1)C(=O)O. The Morgan fingerprint density at radius 2 is 1.71 bits per heavy atom. The molecule has 1 aliphatic rings. The van der Waals surface area contributed by atoms with E-state index in [0.29, 0.717) is 12.8 Å². The van der Waals surface area contributed by atoms with Crippen molar-refractivity contribution in [3.8, 4) is 0 Å². The van der Waals surface area contributed by atoms with Gasteiger partial charge in [-0.3, -0.25) is 14.5 Å². The molecule has 0 aromatic rings. The van der Waals surface area contributed by atoms with Crippen molar-refractivity contribution in [2.75, 3.05) is 32.7 Å². The third-order valence-corrected chi connectivity index (χ3v) is 4.86. The van der Waals surface area contributed by atoms with Gasteiger partial charge < -0.3 is 15.7 Å². The van der Waals surface area contributed by atoms with Crippen LogP contribution in [0.4, 0.5) is 0 Å². The van der Waals surface area contributed by atoms with Gasteiger partial charge >= 0.3 is 5.97 Å². The molecule has 1 heterocycles. The van der Waals surface area contributed by atoms with E-state index in [1.54, 1.807) is 0 Å². The van der Waals surface area contributed by atoms with Crippen LogP contribution >= 0.6 is 0 Å². The van der Waals surface area contributed by atoms with Gasteiger partial charge in [-0.05, 0) is 26.7 Å². The standard InChI is InChI=1S/C15H29N3O3/c1-5-15(6-2,13(20)21)11-17-12(19)14(3,4)18-9-7-16-8-10-18/h16H,5-11H2,1-4H3,(H,17,19)(H,20,21). The highest BCUT2D eigenvalue weighted by Gasteiger charge is 2.39. The number of nitrogens with zero attached hydrogens (tertiary/aromatic N) is 1. The second-order valence-electron chi connectivity index (χ2n) is 6.27. The number of carbonyl (C=O) groups excluding carboxylic acids is 1. The van der Waals surface area contributed by atoms with E-state index < -0.39 is 16.9 Å². The number of hydrogen-bond donors (Lipinski definition) is 3. The maximum Gasteiger partial charge on any atom is 0.311 e. The van der Waals surface area contributed by atoms with Crippen molar-refractivity contribution in [1.82, 2.24) is 15.5 Å². The number of carboxylic acid groups (broad SMARTS) is 1. The van der Waals surface area contributed by atoms with E-state index in [4.69, 9.17) is 0 Å². The molecule has 0 aliphatic carbocycles. The molecule has 0 unspecified atom stereocenters. The summed E-state index contributed by atoms with van der Waals surface area (Å²) in [5.74, 6) is -0.940. The molecular weight excluding hydrogens is 270 g/mol. The molecule has 0 atom stereocenters. The first-order valence-corrected chi connectivity index (χ1v) is 7.77. The monoisotopic (exact) mass is 299 g/mol. The number of rotatable bonds is 7. The summed E-state index contributed by atoms with van der Waals surface area (Å²) in [7, 11) is 0. The Morgan fingerprint density at radius 3 is 2.14 bits per heavy atom. The molecule has 1 rings (SSSR count). The van der Waals surface area contributed by atoms with Crippen LogP contribution in [0.25, 0.3) is 0 Å². The lowest BCUT2D eigenvalue weighted by Gasteiger charge is -2.40. The lowest BCUT2D eigenvalue weighted by molar-refractivity contribution is -0.149. The first kappa shape index (κ1) is 17.9. The minimum atomic E-state index is -0.866. The second kappa shape index (κ2) is 7.22. The van der Waals surface area contributed by atoms with Crippen LogP contribution in [0.3, 0.4) is 0 Å². The molecule has 0 bridgehead atoms. The van der Waals surface area contributed by atoms with Crippen molar-refractivity contribution in [3.63, 3.8) is 0 Å². The summed E-state index contributed by atoms with van der Waals surface area (Å²) in [6.07, 6.45) is 1.01. The number of aliphatic carboxylic acids is 1. The van der Waals surface area contributed by atoms with E-state index in [1.165, 1.54) is 0 Å². The molecule has 6 nitrogen and oxygen atoms in total. The molecule has 0 spiro atoms. The van der Waals surface area contributed by atoms with E-state index >= 15 is 0 Å². The maximum absolute atomic E-state index is 12.5.